The number of rotatable bonds is 47. The zero-order valence-electron chi connectivity index (χ0n) is 41.4. The molecule has 6 heteroatoms. The molecular weight excluding hydrogens is 779 g/mol. The Kier molecular flexibility index (Phi) is 48.1. The van der Waals surface area contributed by atoms with Gasteiger partial charge in [0.2, 0.25) is 5.91 Å². The first kappa shape index (κ1) is 60.3. The molecule has 0 aromatic rings. The topological polar surface area (TPSA) is 95.9 Å². The number of ether oxygens (including phenoxy) is 1. The Morgan fingerprint density at radius 1 is 0.476 bits per heavy atom. The normalized spacial score (nSPS) is 13.8. The monoisotopic (exact) mass is 880 g/mol. The average Bonchev–Trinajstić information content (AvgIpc) is 3.28. The summed E-state index contributed by atoms with van der Waals surface area (Å²) in [5, 5.41) is 23.8. The van der Waals surface area contributed by atoms with E-state index in [1.807, 2.05) is 0 Å². The van der Waals surface area contributed by atoms with E-state index in [4.69, 9.17) is 4.74 Å². The highest BCUT2D eigenvalue weighted by atomic mass is 16.5. The highest BCUT2D eigenvalue weighted by Crippen LogP contribution is 2.17. The van der Waals surface area contributed by atoms with Gasteiger partial charge in [-0.2, -0.15) is 0 Å². The Balaban J connectivity index is 4.68. The molecule has 0 aliphatic carbocycles. The fraction of sp³-hybridized carbons (Fsp3) is 0.754. The van der Waals surface area contributed by atoms with E-state index >= 15 is 0 Å². The number of amides is 1. The molecule has 63 heavy (non-hydrogen) atoms. The number of unbranched alkanes of at least 4 members (excludes halogenated alkanes) is 27. The zero-order valence-corrected chi connectivity index (χ0v) is 41.4. The van der Waals surface area contributed by atoms with E-state index in [9.17, 15) is 19.8 Å². The van der Waals surface area contributed by atoms with Crippen LogP contribution in [0.5, 0.6) is 0 Å². The van der Waals surface area contributed by atoms with Gasteiger partial charge in [0.05, 0.1) is 25.2 Å². The molecule has 0 rings (SSSR count). The molecule has 0 spiro atoms. The molecule has 0 aliphatic rings. The summed E-state index contributed by atoms with van der Waals surface area (Å²) >= 11 is 0. The summed E-state index contributed by atoms with van der Waals surface area (Å²) in [6.07, 6.45) is 63.8. The maximum Gasteiger partial charge on any atom is 0.306 e. The van der Waals surface area contributed by atoms with Gasteiger partial charge in [-0.25, -0.2) is 0 Å². The molecule has 0 saturated carbocycles. The molecule has 3 unspecified atom stereocenters. The van der Waals surface area contributed by atoms with Gasteiger partial charge in [0.25, 0.3) is 0 Å². The van der Waals surface area contributed by atoms with E-state index < -0.39 is 18.2 Å². The number of carbonyl (C=O) groups is 2. The van der Waals surface area contributed by atoms with Gasteiger partial charge in [0.15, 0.2) is 0 Å². The van der Waals surface area contributed by atoms with E-state index in [0.717, 1.165) is 83.5 Å². The zero-order chi connectivity index (χ0) is 45.9. The van der Waals surface area contributed by atoms with Crippen LogP contribution in [0.4, 0.5) is 0 Å². The van der Waals surface area contributed by atoms with Crippen molar-refractivity contribution in [2.75, 3.05) is 6.61 Å². The fourth-order valence-electron chi connectivity index (χ4n) is 7.84. The van der Waals surface area contributed by atoms with Crippen LogP contribution in [0.25, 0.3) is 0 Å². The predicted molar refractivity (Wildman–Crippen MR) is 273 cm³/mol. The largest absolute Gasteiger partial charge is 0.462 e. The van der Waals surface area contributed by atoms with Gasteiger partial charge < -0.3 is 20.3 Å². The third kappa shape index (κ3) is 45.7. The van der Waals surface area contributed by atoms with Gasteiger partial charge in [-0.15, -0.1) is 0 Å². The number of nitrogens with one attached hydrogen (secondary N) is 1. The standard InChI is InChI=1S/C57H101NO5/c1-4-7-10-13-16-19-22-25-27-29-31-33-36-39-42-45-48-53(63-57(62)50-47-44-41-38-35-32-28-26-23-20-17-14-11-8-5-2)51-56(61)58-54(52-59)55(60)49-46-43-40-37-34-30-24-21-18-15-12-9-6-3/h8,11,14,17,20,22-23,25,27,29,31,33,53-55,59-60H,4-7,9-10,12-13,15-16,18-19,21,24,26,28,30,32,34-52H2,1-3H3,(H,58,61)/b11-8+,17-14+,23-20+,25-22+,29-27+,33-31+. The molecule has 0 bridgehead atoms. The first-order valence-corrected chi connectivity index (χ1v) is 26.7. The van der Waals surface area contributed by atoms with Crippen molar-refractivity contribution in [3.63, 3.8) is 0 Å². The van der Waals surface area contributed by atoms with Gasteiger partial charge in [-0.3, -0.25) is 9.59 Å². The molecule has 364 valence electrons. The second-order valence-corrected chi connectivity index (χ2v) is 18.0. The molecule has 3 atom stereocenters. The van der Waals surface area contributed by atoms with Crippen LogP contribution < -0.4 is 5.32 Å². The Morgan fingerprint density at radius 2 is 0.857 bits per heavy atom. The van der Waals surface area contributed by atoms with Crippen molar-refractivity contribution in [1.29, 1.82) is 0 Å². The van der Waals surface area contributed by atoms with Crippen LogP contribution in [-0.2, 0) is 14.3 Å². The molecule has 1 amide bonds. The summed E-state index contributed by atoms with van der Waals surface area (Å²) in [4.78, 5) is 26.2. The van der Waals surface area contributed by atoms with Crippen molar-refractivity contribution >= 4 is 11.9 Å². The van der Waals surface area contributed by atoms with Crippen LogP contribution in [0.15, 0.2) is 72.9 Å². The second kappa shape index (κ2) is 50.3. The molecule has 0 fully saturated rings. The lowest BCUT2D eigenvalue weighted by Gasteiger charge is -2.24. The predicted octanol–water partition coefficient (Wildman–Crippen LogP) is 16.2. The van der Waals surface area contributed by atoms with E-state index in [-0.39, 0.29) is 24.9 Å². The van der Waals surface area contributed by atoms with E-state index in [1.54, 1.807) is 0 Å². The van der Waals surface area contributed by atoms with Gasteiger partial charge in [-0.1, -0.05) is 241 Å². The van der Waals surface area contributed by atoms with Gasteiger partial charge in [0.1, 0.15) is 6.10 Å². The lowest BCUT2D eigenvalue weighted by Crippen LogP contribution is -2.46. The highest BCUT2D eigenvalue weighted by molar-refractivity contribution is 5.77. The summed E-state index contributed by atoms with van der Waals surface area (Å²) in [5.74, 6) is -0.521. The van der Waals surface area contributed by atoms with Crippen molar-refractivity contribution < 1.29 is 24.5 Å². The number of allylic oxidation sites excluding steroid dienone is 12. The molecule has 0 aromatic heterocycles. The molecule has 6 nitrogen and oxygen atoms in total. The molecule has 0 aromatic carbocycles. The lowest BCUT2D eigenvalue weighted by molar-refractivity contribution is -0.151. The quantitative estimate of drug-likeness (QED) is 0.0321. The number of hydrogen-bond donors (Lipinski definition) is 3. The minimum atomic E-state index is -0.802. The number of esters is 1. The smallest absolute Gasteiger partial charge is 0.306 e. The Morgan fingerprint density at radius 3 is 1.30 bits per heavy atom. The maximum absolute atomic E-state index is 13.2. The van der Waals surface area contributed by atoms with Crippen LogP contribution in [0.3, 0.4) is 0 Å². The number of hydrogen-bond acceptors (Lipinski definition) is 5. The van der Waals surface area contributed by atoms with Gasteiger partial charge >= 0.3 is 5.97 Å². The molecule has 3 N–H and O–H groups in total. The van der Waals surface area contributed by atoms with Gasteiger partial charge in [-0.05, 0) is 70.6 Å². The third-order valence-electron chi connectivity index (χ3n) is 11.9. The van der Waals surface area contributed by atoms with Crippen molar-refractivity contribution in [2.24, 2.45) is 0 Å². The van der Waals surface area contributed by atoms with Crippen molar-refractivity contribution in [2.45, 2.75) is 270 Å². The van der Waals surface area contributed by atoms with Crippen molar-refractivity contribution in [1.82, 2.24) is 5.32 Å². The molecular formula is C57H101NO5. The average molecular weight is 880 g/mol. The molecule has 0 saturated heterocycles. The van der Waals surface area contributed by atoms with Crippen LogP contribution >= 0.6 is 0 Å². The summed E-state index contributed by atoms with van der Waals surface area (Å²) in [7, 11) is 0. The molecule has 0 radical (unpaired) electrons. The van der Waals surface area contributed by atoms with Gasteiger partial charge in [0, 0.05) is 6.42 Å². The first-order chi connectivity index (χ1) is 31.0. The van der Waals surface area contributed by atoms with Crippen molar-refractivity contribution in [3.05, 3.63) is 72.9 Å². The second-order valence-electron chi connectivity index (χ2n) is 18.0. The number of carbonyl (C=O) groups excluding carboxylic acids is 2. The van der Waals surface area contributed by atoms with Crippen LogP contribution in [0.1, 0.15) is 252 Å². The van der Waals surface area contributed by atoms with Crippen molar-refractivity contribution in [3.8, 4) is 0 Å². The summed E-state index contributed by atoms with van der Waals surface area (Å²) in [6.45, 7) is 6.33. The minimum absolute atomic E-state index is 0.0477. The Labute approximate surface area is 390 Å². The fourth-order valence-corrected chi connectivity index (χ4v) is 7.84. The van der Waals surface area contributed by atoms with Crippen LogP contribution in [0.2, 0.25) is 0 Å². The van der Waals surface area contributed by atoms with Crippen LogP contribution in [0, 0.1) is 0 Å². The number of aliphatic hydroxyl groups excluding tert-OH is 2. The van der Waals surface area contributed by atoms with E-state index in [0.29, 0.717) is 19.3 Å². The molecule has 0 aliphatic heterocycles. The maximum atomic E-state index is 13.2. The van der Waals surface area contributed by atoms with E-state index in [1.165, 1.54) is 122 Å². The minimum Gasteiger partial charge on any atom is -0.462 e. The Hall–Kier alpha value is -2.70. The number of aliphatic hydroxyl groups is 2. The molecule has 0 heterocycles. The third-order valence-corrected chi connectivity index (χ3v) is 11.9. The summed E-state index contributed by atoms with van der Waals surface area (Å²) in [6, 6.07) is -0.718. The lowest BCUT2D eigenvalue weighted by atomic mass is 10.0. The SMILES string of the molecule is CC/C=C/C=C/C=C/CCCCCCCCCC(=O)OC(CCCCC/C=C/C=C/C=C/CCCCCCC)CC(=O)NC(CO)C(O)CCCCCCCCCCCCCCC. The van der Waals surface area contributed by atoms with Crippen LogP contribution in [-0.4, -0.2) is 46.9 Å². The van der Waals surface area contributed by atoms with E-state index in [2.05, 4.69) is 99.0 Å². The summed E-state index contributed by atoms with van der Waals surface area (Å²) in [5.41, 5.74) is 0. The first-order valence-electron chi connectivity index (χ1n) is 26.7. The summed E-state index contributed by atoms with van der Waals surface area (Å²) < 4.78 is 5.92. The highest BCUT2D eigenvalue weighted by Gasteiger charge is 2.24. The Bertz CT molecular complexity index is 1170.